The van der Waals surface area contributed by atoms with Crippen LogP contribution in [-0.2, 0) is 0 Å². The molecule has 0 bridgehead atoms. The highest BCUT2D eigenvalue weighted by molar-refractivity contribution is 8.14. The van der Waals surface area contributed by atoms with E-state index in [0.717, 1.165) is 17.9 Å². The lowest BCUT2D eigenvalue weighted by molar-refractivity contribution is 0.243. The molecular weight excluding hydrogens is 316 g/mol. The minimum atomic E-state index is 0.0791. The van der Waals surface area contributed by atoms with Crippen LogP contribution in [0.4, 0.5) is 0 Å². The normalized spacial score (nSPS) is 26.1. The Labute approximate surface area is 148 Å². The number of amidine groups is 1. The molecule has 1 saturated heterocycles. The van der Waals surface area contributed by atoms with Crippen molar-refractivity contribution >= 4 is 16.9 Å². The van der Waals surface area contributed by atoms with Gasteiger partial charge in [0.1, 0.15) is 6.04 Å². The van der Waals surface area contributed by atoms with E-state index >= 15 is 0 Å². The number of fused-ring (bicyclic) bond motifs is 1. The maximum Gasteiger partial charge on any atom is 0.160 e. The van der Waals surface area contributed by atoms with Gasteiger partial charge in [-0.15, -0.1) is 0 Å². The van der Waals surface area contributed by atoms with E-state index in [9.17, 15) is 0 Å². The van der Waals surface area contributed by atoms with Gasteiger partial charge in [-0.1, -0.05) is 24.8 Å². The van der Waals surface area contributed by atoms with Gasteiger partial charge in [0.2, 0.25) is 0 Å². The molecule has 0 amide bonds. The molecule has 1 fully saturated rings. The summed E-state index contributed by atoms with van der Waals surface area (Å²) < 4.78 is 2.38. The maximum absolute atomic E-state index is 5.09. The number of hydrogen-bond acceptors (Lipinski definition) is 4. The van der Waals surface area contributed by atoms with Crippen molar-refractivity contribution in [3.05, 3.63) is 54.1 Å². The summed E-state index contributed by atoms with van der Waals surface area (Å²) in [4.78, 5) is 12.3. The molecule has 24 heavy (non-hydrogen) atoms. The van der Waals surface area contributed by atoms with E-state index < -0.39 is 0 Å². The highest BCUT2D eigenvalue weighted by atomic mass is 32.2. The van der Waals surface area contributed by atoms with Gasteiger partial charge in [0.05, 0.1) is 11.7 Å². The first-order chi connectivity index (χ1) is 11.7. The Balaban J connectivity index is 1.81. The molecule has 0 radical (unpaired) electrons. The van der Waals surface area contributed by atoms with Crippen molar-refractivity contribution in [2.45, 2.75) is 51.4 Å². The Morgan fingerprint density at radius 1 is 1.25 bits per heavy atom. The molecule has 0 spiro atoms. The molecule has 2 aliphatic heterocycles. The molecule has 4 heterocycles. The van der Waals surface area contributed by atoms with Gasteiger partial charge in [-0.3, -0.25) is 9.98 Å². The Hall–Kier alpha value is -1.75. The minimum absolute atomic E-state index is 0.0791. The number of aliphatic imine (C=N–C) groups is 1. The van der Waals surface area contributed by atoms with E-state index in [1.165, 1.54) is 10.9 Å². The molecule has 2 aliphatic rings. The fourth-order valence-electron chi connectivity index (χ4n) is 3.80. The Bertz CT molecular complexity index is 737. The Kier molecular flexibility index (Phi) is 4.12. The molecule has 0 saturated carbocycles. The third kappa shape index (κ3) is 2.46. The fraction of sp³-hybridized carbons (Fsp3) is 0.474. The van der Waals surface area contributed by atoms with Crippen molar-refractivity contribution in [2.75, 3.05) is 5.75 Å². The number of rotatable bonds is 4. The zero-order valence-electron chi connectivity index (χ0n) is 14.5. The standard InChI is InChI=1S/C19H24N4S/c1-4-14-12-24-19-21-17(15-8-5-6-10-20-15)18(23(14)19)16-9-7-11-22(16)13(2)3/h5-11,13-14,17-18H,4,12H2,1-3H3/t14-,17-,18+/m1/s1. The van der Waals surface area contributed by atoms with E-state index in [1.54, 1.807) is 0 Å². The molecule has 2 aromatic heterocycles. The highest BCUT2D eigenvalue weighted by Crippen LogP contribution is 2.48. The van der Waals surface area contributed by atoms with E-state index in [-0.39, 0.29) is 12.1 Å². The molecule has 0 N–H and O–H groups in total. The van der Waals surface area contributed by atoms with Gasteiger partial charge in [0, 0.05) is 35.9 Å². The highest BCUT2D eigenvalue weighted by Gasteiger charge is 2.46. The van der Waals surface area contributed by atoms with Crippen LogP contribution in [0, 0.1) is 0 Å². The second kappa shape index (κ2) is 6.28. The average Bonchev–Trinajstić information content (AvgIpc) is 3.29. The SMILES string of the molecule is CC[C@@H]1CSC2=N[C@H](c3ccccn3)[C@H](c3cccn3C(C)C)N21. The zero-order valence-corrected chi connectivity index (χ0v) is 15.3. The summed E-state index contributed by atoms with van der Waals surface area (Å²) in [5.74, 6) is 1.14. The lowest BCUT2D eigenvalue weighted by atomic mass is 9.99. The van der Waals surface area contributed by atoms with Crippen LogP contribution >= 0.6 is 11.8 Å². The number of aromatic nitrogens is 2. The molecule has 0 aromatic carbocycles. The number of nitrogens with zero attached hydrogens (tertiary/aromatic N) is 4. The first kappa shape index (κ1) is 15.8. The van der Waals surface area contributed by atoms with Gasteiger partial charge in [-0.25, -0.2) is 0 Å². The van der Waals surface area contributed by atoms with Crippen LogP contribution in [0.15, 0.2) is 47.7 Å². The second-order valence-electron chi connectivity index (χ2n) is 6.77. The molecule has 2 aromatic rings. The van der Waals surface area contributed by atoms with Crippen molar-refractivity contribution in [3.8, 4) is 0 Å². The molecular formula is C19H24N4S. The summed E-state index contributed by atoms with van der Waals surface area (Å²) in [5, 5.41) is 1.19. The van der Waals surface area contributed by atoms with Crippen LogP contribution in [0.25, 0.3) is 0 Å². The van der Waals surface area contributed by atoms with Crippen molar-refractivity contribution in [1.29, 1.82) is 0 Å². The lowest BCUT2D eigenvalue weighted by Gasteiger charge is -2.33. The van der Waals surface area contributed by atoms with Gasteiger partial charge in [-0.05, 0) is 44.5 Å². The largest absolute Gasteiger partial charge is 0.347 e. The van der Waals surface area contributed by atoms with Crippen molar-refractivity contribution in [3.63, 3.8) is 0 Å². The zero-order chi connectivity index (χ0) is 16.7. The summed E-state index contributed by atoms with van der Waals surface area (Å²) in [6, 6.07) is 11.9. The van der Waals surface area contributed by atoms with Gasteiger partial charge in [0.25, 0.3) is 0 Å². The van der Waals surface area contributed by atoms with E-state index in [1.807, 2.05) is 24.0 Å². The topological polar surface area (TPSA) is 33.4 Å². The predicted molar refractivity (Wildman–Crippen MR) is 100 cm³/mol. The Morgan fingerprint density at radius 2 is 2.12 bits per heavy atom. The van der Waals surface area contributed by atoms with Crippen molar-refractivity contribution < 1.29 is 0 Å². The summed E-state index contributed by atoms with van der Waals surface area (Å²) in [5.41, 5.74) is 2.41. The lowest BCUT2D eigenvalue weighted by Crippen LogP contribution is -2.36. The minimum Gasteiger partial charge on any atom is -0.347 e. The molecule has 0 aliphatic carbocycles. The molecule has 5 heteroatoms. The summed E-state index contributed by atoms with van der Waals surface area (Å²) in [7, 11) is 0. The molecule has 4 nitrogen and oxygen atoms in total. The smallest absolute Gasteiger partial charge is 0.160 e. The number of thioether (sulfide) groups is 1. The first-order valence-electron chi connectivity index (χ1n) is 8.77. The molecule has 126 valence electrons. The van der Waals surface area contributed by atoms with Crippen LogP contribution in [0.2, 0.25) is 0 Å². The van der Waals surface area contributed by atoms with Crippen LogP contribution in [-0.4, -0.2) is 31.4 Å². The summed E-state index contributed by atoms with van der Waals surface area (Å²) in [6.45, 7) is 6.76. The number of pyridine rings is 1. The molecule has 4 rings (SSSR count). The monoisotopic (exact) mass is 340 g/mol. The second-order valence-corrected chi connectivity index (χ2v) is 7.76. The maximum atomic E-state index is 5.09. The first-order valence-corrected chi connectivity index (χ1v) is 9.76. The third-order valence-corrected chi connectivity index (χ3v) is 6.13. The van der Waals surface area contributed by atoms with Gasteiger partial charge >= 0.3 is 0 Å². The van der Waals surface area contributed by atoms with E-state index in [2.05, 4.69) is 65.7 Å². The fourth-order valence-corrected chi connectivity index (χ4v) is 5.14. The molecule has 3 atom stereocenters. The summed E-state index contributed by atoms with van der Waals surface area (Å²) >= 11 is 1.90. The van der Waals surface area contributed by atoms with Crippen molar-refractivity contribution in [1.82, 2.24) is 14.5 Å². The predicted octanol–water partition coefficient (Wildman–Crippen LogP) is 4.44. The number of hydrogen-bond donors (Lipinski definition) is 0. The van der Waals surface area contributed by atoms with Crippen LogP contribution in [0.1, 0.15) is 56.7 Å². The quantitative estimate of drug-likeness (QED) is 0.825. The third-order valence-electron chi connectivity index (χ3n) is 5.00. The van der Waals surface area contributed by atoms with Gasteiger partial charge < -0.3 is 9.47 Å². The van der Waals surface area contributed by atoms with E-state index in [4.69, 9.17) is 4.99 Å². The van der Waals surface area contributed by atoms with Crippen LogP contribution in [0.3, 0.4) is 0 Å². The Morgan fingerprint density at radius 3 is 2.83 bits per heavy atom. The van der Waals surface area contributed by atoms with Crippen LogP contribution in [0.5, 0.6) is 0 Å². The molecule has 0 unspecified atom stereocenters. The summed E-state index contributed by atoms with van der Waals surface area (Å²) in [6.07, 6.45) is 5.22. The van der Waals surface area contributed by atoms with E-state index in [0.29, 0.717) is 12.1 Å². The average molecular weight is 340 g/mol. The van der Waals surface area contributed by atoms with Gasteiger partial charge in [0.15, 0.2) is 5.17 Å². The van der Waals surface area contributed by atoms with Crippen LogP contribution < -0.4 is 0 Å². The van der Waals surface area contributed by atoms with Crippen molar-refractivity contribution in [2.24, 2.45) is 4.99 Å². The van der Waals surface area contributed by atoms with Gasteiger partial charge in [-0.2, -0.15) is 0 Å².